The summed E-state index contributed by atoms with van der Waals surface area (Å²) in [5, 5.41) is 12.2. The Hall–Kier alpha value is -2.02. The van der Waals surface area contributed by atoms with Crippen molar-refractivity contribution >= 4 is 16.8 Å². The SMILES string of the molecule is CC1(c2nnc3c4[nH]cnc4ncn23)CCCNC1. The molecular formula is C12H15N7. The van der Waals surface area contributed by atoms with Gasteiger partial charge in [-0.05, 0) is 19.4 Å². The van der Waals surface area contributed by atoms with Crippen LogP contribution in [0.2, 0.25) is 0 Å². The fourth-order valence-electron chi connectivity index (χ4n) is 2.89. The summed E-state index contributed by atoms with van der Waals surface area (Å²) < 4.78 is 1.98. The largest absolute Gasteiger partial charge is 0.340 e. The number of rotatable bonds is 1. The number of nitrogens with zero attached hydrogens (tertiary/aromatic N) is 5. The van der Waals surface area contributed by atoms with E-state index in [1.54, 1.807) is 12.7 Å². The van der Waals surface area contributed by atoms with E-state index in [0.717, 1.165) is 42.9 Å². The van der Waals surface area contributed by atoms with Crippen LogP contribution in [0, 0.1) is 0 Å². The minimum Gasteiger partial charge on any atom is -0.340 e. The van der Waals surface area contributed by atoms with Gasteiger partial charge in [0.05, 0.1) is 6.33 Å². The molecule has 7 nitrogen and oxygen atoms in total. The quantitative estimate of drug-likeness (QED) is 0.668. The van der Waals surface area contributed by atoms with Crippen molar-refractivity contribution in [2.75, 3.05) is 13.1 Å². The number of aromatic nitrogens is 6. The van der Waals surface area contributed by atoms with Crippen LogP contribution in [-0.4, -0.2) is 42.6 Å². The predicted octanol–water partition coefficient (Wildman–Crippen LogP) is 0.642. The van der Waals surface area contributed by atoms with Crippen molar-refractivity contribution in [2.24, 2.45) is 0 Å². The molecule has 3 aromatic heterocycles. The Balaban J connectivity index is 1.95. The monoisotopic (exact) mass is 257 g/mol. The predicted molar refractivity (Wildman–Crippen MR) is 69.9 cm³/mol. The molecule has 0 bridgehead atoms. The van der Waals surface area contributed by atoms with Gasteiger partial charge in [0.2, 0.25) is 0 Å². The van der Waals surface area contributed by atoms with Crippen LogP contribution in [0.5, 0.6) is 0 Å². The third-order valence-electron chi connectivity index (χ3n) is 3.97. The van der Waals surface area contributed by atoms with E-state index in [0.29, 0.717) is 5.65 Å². The number of aromatic amines is 1. The molecule has 98 valence electrons. The third-order valence-corrected chi connectivity index (χ3v) is 3.97. The molecule has 4 rings (SSSR count). The maximum Gasteiger partial charge on any atom is 0.189 e. The first-order chi connectivity index (χ1) is 9.28. The molecule has 1 atom stereocenters. The van der Waals surface area contributed by atoms with Gasteiger partial charge in [-0.1, -0.05) is 6.92 Å². The highest BCUT2D eigenvalue weighted by molar-refractivity contribution is 5.84. The van der Waals surface area contributed by atoms with Gasteiger partial charge in [-0.3, -0.25) is 4.40 Å². The summed E-state index contributed by atoms with van der Waals surface area (Å²) in [6.45, 7) is 4.23. The summed E-state index contributed by atoms with van der Waals surface area (Å²) in [6, 6.07) is 0. The van der Waals surface area contributed by atoms with Crippen molar-refractivity contribution in [1.29, 1.82) is 0 Å². The molecule has 0 saturated carbocycles. The maximum atomic E-state index is 4.41. The normalized spacial score (nSPS) is 24.3. The van der Waals surface area contributed by atoms with Gasteiger partial charge in [0.1, 0.15) is 17.7 Å². The molecule has 1 fully saturated rings. The lowest BCUT2D eigenvalue weighted by Crippen LogP contribution is -2.42. The summed E-state index contributed by atoms with van der Waals surface area (Å²) in [5.41, 5.74) is 2.32. The molecule has 19 heavy (non-hydrogen) atoms. The minimum atomic E-state index is 0.00699. The molecule has 4 heterocycles. The van der Waals surface area contributed by atoms with Crippen molar-refractivity contribution in [1.82, 2.24) is 34.9 Å². The van der Waals surface area contributed by atoms with E-state index in [2.05, 4.69) is 37.4 Å². The standard InChI is InChI=1S/C12H15N7/c1-12(3-2-4-13-5-12)11-18-17-10-8-9(15-6-14-8)16-7-19(10)11/h6-7,13H,2-5H2,1H3,(H,14,15). The van der Waals surface area contributed by atoms with Crippen molar-refractivity contribution in [2.45, 2.75) is 25.2 Å². The van der Waals surface area contributed by atoms with Gasteiger partial charge in [-0.25, -0.2) is 9.97 Å². The average molecular weight is 257 g/mol. The first-order valence-corrected chi connectivity index (χ1v) is 6.52. The first kappa shape index (κ1) is 10.9. The third kappa shape index (κ3) is 1.48. The molecular weight excluding hydrogens is 242 g/mol. The highest BCUT2D eigenvalue weighted by atomic mass is 15.3. The Labute approximate surface area is 109 Å². The first-order valence-electron chi connectivity index (χ1n) is 6.52. The number of fused-ring (bicyclic) bond motifs is 3. The van der Waals surface area contributed by atoms with Crippen LogP contribution in [0.25, 0.3) is 16.8 Å². The Morgan fingerprint density at radius 1 is 1.32 bits per heavy atom. The highest BCUT2D eigenvalue weighted by Gasteiger charge is 2.33. The second kappa shape index (κ2) is 3.74. The van der Waals surface area contributed by atoms with E-state index in [4.69, 9.17) is 0 Å². The summed E-state index contributed by atoms with van der Waals surface area (Å²) >= 11 is 0. The Bertz CT molecular complexity index is 735. The van der Waals surface area contributed by atoms with E-state index >= 15 is 0 Å². The second-order valence-electron chi connectivity index (χ2n) is 5.40. The molecule has 1 unspecified atom stereocenters. The van der Waals surface area contributed by atoms with Gasteiger partial charge in [0, 0.05) is 12.0 Å². The molecule has 0 spiro atoms. The summed E-state index contributed by atoms with van der Waals surface area (Å²) in [4.78, 5) is 11.6. The fraction of sp³-hybridized carbons (Fsp3) is 0.500. The van der Waals surface area contributed by atoms with Crippen LogP contribution < -0.4 is 5.32 Å². The van der Waals surface area contributed by atoms with E-state index in [9.17, 15) is 0 Å². The Kier molecular flexibility index (Phi) is 2.14. The zero-order chi connectivity index (χ0) is 12.9. The summed E-state index contributed by atoms with van der Waals surface area (Å²) in [7, 11) is 0. The van der Waals surface area contributed by atoms with Gasteiger partial charge in [-0.15, -0.1) is 10.2 Å². The van der Waals surface area contributed by atoms with Gasteiger partial charge in [0.15, 0.2) is 11.3 Å². The zero-order valence-electron chi connectivity index (χ0n) is 10.7. The number of hydrogen-bond acceptors (Lipinski definition) is 5. The minimum absolute atomic E-state index is 0.00699. The van der Waals surface area contributed by atoms with Crippen molar-refractivity contribution < 1.29 is 0 Å². The van der Waals surface area contributed by atoms with Crippen LogP contribution >= 0.6 is 0 Å². The van der Waals surface area contributed by atoms with Crippen LogP contribution in [0.15, 0.2) is 12.7 Å². The number of imidazole rings is 1. The van der Waals surface area contributed by atoms with Gasteiger partial charge in [0.25, 0.3) is 0 Å². The van der Waals surface area contributed by atoms with Crippen LogP contribution in [0.1, 0.15) is 25.6 Å². The average Bonchev–Trinajstić information content (AvgIpc) is 3.05. The summed E-state index contributed by atoms with van der Waals surface area (Å²) in [5.74, 6) is 0.971. The number of piperidine rings is 1. The lowest BCUT2D eigenvalue weighted by molar-refractivity contribution is 0.321. The van der Waals surface area contributed by atoms with E-state index in [1.807, 2.05) is 4.40 Å². The van der Waals surface area contributed by atoms with E-state index in [-0.39, 0.29) is 5.41 Å². The van der Waals surface area contributed by atoms with E-state index < -0.39 is 0 Å². The van der Waals surface area contributed by atoms with Crippen LogP contribution in [0.3, 0.4) is 0 Å². The Morgan fingerprint density at radius 2 is 2.26 bits per heavy atom. The van der Waals surface area contributed by atoms with E-state index in [1.165, 1.54) is 0 Å². The molecule has 3 aromatic rings. The van der Waals surface area contributed by atoms with Crippen molar-refractivity contribution in [3.05, 3.63) is 18.5 Å². The Morgan fingerprint density at radius 3 is 3.11 bits per heavy atom. The van der Waals surface area contributed by atoms with Crippen LogP contribution in [-0.2, 0) is 5.41 Å². The molecule has 7 heteroatoms. The molecule has 1 saturated heterocycles. The number of H-pyrrole nitrogens is 1. The number of hydrogen-bond donors (Lipinski definition) is 2. The maximum absolute atomic E-state index is 4.41. The molecule has 0 aromatic carbocycles. The fourth-order valence-corrected chi connectivity index (χ4v) is 2.89. The smallest absolute Gasteiger partial charge is 0.189 e. The molecule has 0 amide bonds. The lowest BCUT2D eigenvalue weighted by Gasteiger charge is -2.32. The van der Waals surface area contributed by atoms with Crippen molar-refractivity contribution in [3.8, 4) is 0 Å². The zero-order valence-corrected chi connectivity index (χ0v) is 10.7. The molecule has 2 N–H and O–H groups in total. The molecule has 0 radical (unpaired) electrons. The summed E-state index contributed by atoms with van der Waals surface area (Å²) in [6.07, 6.45) is 5.68. The van der Waals surface area contributed by atoms with Gasteiger partial charge >= 0.3 is 0 Å². The lowest BCUT2D eigenvalue weighted by atomic mass is 9.82. The highest BCUT2D eigenvalue weighted by Crippen LogP contribution is 2.30. The molecule has 1 aliphatic heterocycles. The van der Waals surface area contributed by atoms with Crippen molar-refractivity contribution in [3.63, 3.8) is 0 Å². The molecule has 0 aliphatic carbocycles. The second-order valence-corrected chi connectivity index (χ2v) is 5.40. The van der Waals surface area contributed by atoms with Gasteiger partial charge in [-0.2, -0.15) is 0 Å². The van der Waals surface area contributed by atoms with Crippen LogP contribution in [0.4, 0.5) is 0 Å². The van der Waals surface area contributed by atoms with Gasteiger partial charge < -0.3 is 10.3 Å². The number of nitrogens with one attached hydrogen (secondary N) is 2. The topological polar surface area (TPSA) is 83.8 Å². The molecule has 1 aliphatic rings.